The zero-order valence-electron chi connectivity index (χ0n) is 15.3. The number of aromatic nitrogens is 2. The van der Waals surface area contributed by atoms with Crippen LogP contribution in [0.5, 0.6) is 0 Å². The number of terminal acetylenes is 1. The molecule has 128 valence electrons. The lowest BCUT2D eigenvalue weighted by Crippen LogP contribution is -2.23. The summed E-state index contributed by atoms with van der Waals surface area (Å²) < 4.78 is 1.57. The topological polar surface area (TPSA) is 34.9 Å². The van der Waals surface area contributed by atoms with Gasteiger partial charge in [-0.2, -0.15) is 0 Å². The van der Waals surface area contributed by atoms with Crippen molar-refractivity contribution in [2.45, 2.75) is 46.6 Å². The van der Waals surface area contributed by atoms with Crippen molar-refractivity contribution >= 4 is 21.6 Å². The minimum absolute atomic E-state index is 0.0558. The Morgan fingerprint density at radius 3 is 2.40 bits per heavy atom. The number of hydrogen-bond donors (Lipinski definition) is 0. The summed E-state index contributed by atoms with van der Waals surface area (Å²) in [4.78, 5) is 19.5. The van der Waals surface area contributed by atoms with Crippen LogP contribution < -0.4 is 5.56 Å². The van der Waals surface area contributed by atoms with E-state index in [1.165, 1.54) is 5.56 Å². The molecule has 0 saturated carbocycles. The number of thiophene rings is 1. The number of rotatable bonds is 2. The summed E-state index contributed by atoms with van der Waals surface area (Å²) in [6.45, 7) is 10.7. The van der Waals surface area contributed by atoms with E-state index in [2.05, 4.69) is 55.9 Å². The lowest BCUT2D eigenvalue weighted by atomic mass is 9.86. The number of nitrogens with zero attached hydrogens (tertiary/aromatic N) is 2. The quantitative estimate of drug-likeness (QED) is 0.629. The van der Waals surface area contributed by atoms with Gasteiger partial charge in [0.2, 0.25) is 0 Å². The van der Waals surface area contributed by atoms with Crippen LogP contribution in [0.2, 0.25) is 0 Å². The van der Waals surface area contributed by atoms with Crippen molar-refractivity contribution in [2.75, 3.05) is 0 Å². The average Bonchev–Trinajstić information content (AvgIpc) is 2.86. The van der Waals surface area contributed by atoms with E-state index in [9.17, 15) is 4.79 Å². The predicted molar refractivity (Wildman–Crippen MR) is 106 cm³/mol. The SMILES string of the molecule is C#CCn1c(C)nc2sc(C)c(-c3ccc(C(C)(C)C)cc3)c2c1=O. The average molecular weight is 350 g/mol. The first-order valence-corrected chi connectivity index (χ1v) is 9.10. The minimum atomic E-state index is -0.0558. The molecule has 0 unspecified atom stereocenters. The summed E-state index contributed by atoms with van der Waals surface area (Å²) >= 11 is 1.56. The van der Waals surface area contributed by atoms with Crippen molar-refractivity contribution < 1.29 is 0 Å². The molecule has 1 aromatic carbocycles. The smallest absolute Gasteiger partial charge is 0.263 e. The van der Waals surface area contributed by atoms with Crippen LogP contribution in [0.4, 0.5) is 0 Å². The molecular weight excluding hydrogens is 328 g/mol. The molecule has 0 radical (unpaired) electrons. The van der Waals surface area contributed by atoms with Gasteiger partial charge in [-0.15, -0.1) is 17.8 Å². The van der Waals surface area contributed by atoms with Gasteiger partial charge in [0.1, 0.15) is 10.7 Å². The molecule has 0 bridgehead atoms. The van der Waals surface area contributed by atoms with E-state index in [0.717, 1.165) is 20.8 Å². The van der Waals surface area contributed by atoms with Crippen LogP contribution in [-0.4, -0.2) is 9.55 Å². The predicted octanol–water partition coefficient (Wildman–Crippen LogP) is 4.67. The number of aryl methyl sites for hydroxylation is 2. The van der Waals surface area contributed by atoms with Gasteiger partial charge in [0.15, 0.2) is 0 Å². The van der Waals surface area contributed by atoms with Gasteiger partial charge < -0.3 is 0 Å². The van der Waals surface area contributed by atoms with E-state index in [4.69, 9.17) is 6.42 Å². The molecule has 0 spiro atoms. The monoisotopic (exact) mass is 350 g/mol. The van der Waals surface area contributed by atoms with Gasteiger partial charge in [0.25, 0.3) is 5.56 Å². The van der Waals surface area contributed by atoms with Crippen LogP contribution in [0.15, 0.2) is 29.1 Å². The van der Waals surface area contributed by atoms with E-state index in [-0.39, 0.29) is 17.5 Å². The molecule has 0 N–H and O–H groups in total. The summed E-state index contributed by atoms with van der Waals surface area (Å²) in [5.41, 5.74) is 3.34. The Bertz CT molecular complexity index is 1040. The molecule has 4 heteroatoms. The third kappa shape index (κ3) is 3.01. The van der Waals surface area contributed by atoms with Gasteiger partial charge in [-0.05, 0) is 30.4 Å². The van der Waals surface area contributed by atoms with Crippen molar-refractivity contribution in [3.8, 4) is 23.5 Å². The fourth-order valence-electron chi connectivity index (χ4n) is 3.06. The van der Waals surface area contributed by atoms with E-state index in [0.29, 0.717) is 11.2 Å². The molecule has 0 aliphatic carbocycles. The molecule has 3 nitrogen and oxygen atoms in total. The zero-order valence-corrected chi connectivity index (χ0v) is 16.1. The Morgan fingerprint density at radius 2 is 1.84 bits per heavy atom. The first-order valence-electron chi connectivity index (χ1n) is 8.29. The highest BCUT2D eigenvalue weighted by Gasteiger charge is 2.19. The van der Waals surface area contributed by atoms with Crippen LogP contribution in [0.3, 0.4) is 0 Å². The van der Waals surface area contributed by atoms with Gasteiger partial charge in [0, 0.05) is 10.4 Å². The fourth-order valence-corrected chi connectivity index (χ4v) is 4.14. The highest BCUT2D eigenvalue weighted by Crippen LogP contribution is 2.36. The highest BCUT2D eigenvalue weighted by molar-refractivity contribution is 7.19. The molecule has 25 heavy (non-hydrogen) atoms. The summed E-state index contributed by atoms with van der Waals surface area (Å²) in [6.07, 6.45) is 5.42. The van der Waals surface area contributed by atoms with E-state index in [1.54, 1.807) is 15.9 Å². The number of fused-ring (bicyclic) bond motifs is 1. The second kappa shape index (κ2) is 6.16. The maximum Gasteiger partial charge on any atom is 0.263 e. The van der Waals surface area contributed by atoms with E-state index >= 15 is 0 Å². The summed E-state index contributed by atoms with van der Waals surface area (Å²) in [5, 5.41) is 0.673. The molecule has 0 aliphatic rings. The third-order valence-corrected chi connectivity index (χ3v) is 5.47. The summed E-state index contributed by atoms with van der Waals surface area (Å²) in [6, 6.07) is 8.47. The fraction of sp³-hybridized carbons (Fsp3) is 0.333. The first-order chi connectivity index (χ1) is 11.7. The van der Waals surface area contributed by atoms with Crippen molar-refractivity contribution in [1.29, 1.82) is 0 Å². The Labute approximate surface area is 152 Å². The van der Waals surface area contributed by atoms with Gasteiger partial charge in [-0.1, -0.05) is 51.0 Å². The Hall–Kier alpha value is -2.38. The van der Waals surface area contributed by atoms with Gasteiger partial charge in [-0.25, -0.2) is 4.98 Å². The number of hydrogen-bond acceptors (Lipinski definition) is 3. The van der Waals surface area contributed by atoms with Crippen molar-refractivity contribution in [1.82, 2.24) is 9.55 Å². The van der Waals surface area contributed by atoms with E-state index in [1.807, 2.05) is 13.8 Å². The minimum Gasteiger partial charge on any atom is -0.284 e. The van der Waals surface area contributed by atoms with Crippen LogP contribution in [0, 0.1) is 26.2 Å². The molecule has 0 saturated heterocycles. The summed E-state index contributed by atoms with van der Waals surface area (Å²) in [5.74, 6) is 3.21. The molecule has 0 fully saturated rings. The largest absolute Gasteiger partial charge is 0.284 e. The lowest BCUT2D eigenvalue weighted by Gasteiger charge is -2.19. The molecule has 2 heterocycles. The standard InChI is InChI=1S/C21H22N2OS/c1-7-12-23-14(3)22-19-18(20(23)24)17(13(2)25-19)15-8-10-16(11-9-15)21(4,5)6/h1,8-11H,12H2,2-6H3. The zero-order chi connectivity index (χ0) is 18.4. The van der Waals surface area contributed by atoms with Gasteiger partial charge >= 0.3 is 0 Å². The lowest BCUT2D eigenvalue weighted by molar-refractivity contribution is 0.590. The Kier molecular flexibility index (Phi) is 4.30. The molecule has 0 aliphatic heterocycles. The third-order valence-electron chi connectivity index (χ3n) is 4.47. The van der Waals surface area contributed by atoms with Crippen molar-refractivity contribution in [2.24, 2.45) is 0 Å². The maximum absolute atomic E-state index is 13.0. The molecule has 3 aromatic rings. The van der Waals surface area contributed by atoms with Crippen molar-refractivity contribution in [3.05, 3.63) is 50.9 Å². The van der Waals surface area contributed by atoms with Crippen molar-refractivity contribution in [3.63, 3.8) is 0 Å². The molecule has 0 amide bonds. The summed E-state index contributed by atoms with van der Waals surface area (Å²) in [7, 11) is 0. The molecular formula is C21H22N2OS. The maximum atomic E-state index is 13.0. The first kappa shape index (κ1) is 17.4. The highest BCUT2D eigenvalue weighted by atomic mass is 32.1. The molecule has 3 rings (SSSR count). The second-order valence-corrected chi connectivity index (χ2v) is 8.50. The second-order valence-electron chi connectivity index (χ2n) is 7.30. The Morgan fingerprint density at radius 1 is 1.20 bits per heavy atom. The van der Waals surface area contributed by atoms with Gasteiger partial charge in [0.05, 0.1) is 11.9 Å². The van der Waals surface area contributed by atoms with E-state index < -0.39 is 0 Å². The molecule has 2 aromatic heterocycles. The normalized spacial score (nSPS) is 11.7. The van der Waals surface area contributed by atoms with Gasteiger partial charge in [-0.3, -0.25) is 9.36 Å². The van der Waals surface area contributed by atoms with Crippen LogP contribution >= 0.6 is 11.3 Å². The Balaban J connectivity index is 2.26. The molecule has 0 atom stereocenters. The van der Waals surface area contributed by atoms with Crippen LogP contribution in [-0.2, 0) is 12.0 Å². The van der Waals surface area contributed by atoms with Crippen LogP contribution in [0.1, 0.15) is 37.0 Å². The van der Waals surface area contributed by atoms with Crippen LogP contribution in [0.25, 0.3) is 21.3 Å². The number of benzene rings is 1.